The van der Waals surface area contributed by atoms with E-state index in [0.29, 0.717) is 0 Å². The van der Waals surface area contributed by atoms with Gasteiger partial charge in [-0.1, -0.05) is 0 Å². The van der Waals surface area contributed by atoms with Crippen molar-refractivity contribution in [2.45, 2.75) is 44.4 Å². The molecule has 0 aromatic heterocycles. The summed E-state index contributed by atoms with van der Waals surface area (Å²) < 4.78 is 10.3. The van der Waals surface area contributed by atoms with Gasteiger partial charge in [0.05, 0.1) is 12.0 Å². The predicted octanol–water partition coefficient (Wildman–Crippen LogP) is 0.700. The van der Waals surface area contributed by atoms with Gasteiger partial charge < -0.3 is 25.0 Å². The lowest BCUT2D eigenvalue weighted by molar-refractivity contribution is -0.148. The lowest BCUT2D eigenvalue weighted by Gasteiger charge is -2.31. The number of nitrogens with one attached hydrogen (secondary N) is 1. The molecule has 8 nitrogen and oxygen atoms in total. The molecule has 2 saturated carbocycles. The Morgan fingerprint density at radius 1 is 1.23 bits per heavy atom. The van der Waals surface area contributed by atoms with Gasteiger partial charge in [-0.2, -0.15) is 0 Å². The SMILES string of the molecule is COC1CC(NC(=O)OC(C)(C)C)(C(=O)O)C2C(C(=O)O)C12. The Morgan fingerprint density at radius 3 is 2.23 bits per heavy atom. The first kappa shape index (κ1) is 16.5. The minimum absolute atomic E-state index is 0.0250. The number of hydrogen-bond acceptors (Lipinski definition) is 5. The van der Waals surface area contributed by atoms with E-state index in [9.17, 15) is 24.6 Å². The van der Waals surface area contributed by atoms with Crippen LogP contribution in [0.5, 0.6) is 0 Å². The molecule has 2 aliphatic rings. The highest BCUT2D eigenvalue weighted by Crippen LogP contribution is 2.63. The molecule has 0 radical (unpaired) electrons. The van der Waals surface area contributed by atoms with Gasteiger partial charge >= 0.3 is 18.0 Å². The van der Waals surface area contributed by atoms with Gasteiger partial charge in [0.25, 0.3) is 0 Å². The summed E-state index contributed by atoms with van der Waals surface area (Å²) in [6.07, 6.45) is -1.37. The van der Waals surface area contributed by atoms with Crippen LogP contribution in [0, 0.1) is 17.8 Å². The second-order valence-corrected chi connectivity index (χ2v) is 6.85. The summed E-state index contributed by atoms with van der Waals surface area (Å²) in [6, 6.07) is 0. The first-order valence-corrected chi connectivity index (χ1v) is 7.03. The smallest absolute Gasteiger partial charge is 0.408 e. The topological polar surface area (TPSA) is 122 Å². The highest BCUT2D eigenvalue weighted by Gasteiger charge is 2.76. The van der Waals surface area contributed by atoms with E-state index in [4.69, 9.17) is 9.47 Å². The molecule has 0 aromatic carbocycles. The molecule has 0 saturated heterocycles. The Balaban J connectivity index is 2.24. The average molecular weight is 315 g/mol. The number of ether oxygens (including phenoxy) is 2. The Hall–Kier alpha value is -1.83. The van der Waals surface area contributed by atoms with Gasteiger partial charge in [-0.3, -0.25) is 4.79 Å². The predicted molar refractivity (Wildman–Crippen MR) is 73.3 cm³/mol. The zero-order valence-corrected chi connectivity index (χ0v) is 13.0. The summed E-state index contributed by atoms with van der Waals surface area (Å²) in [5, 5.41) is 21.2. The van der Waals surface area contributed by atoms with Crippen molar-refractivity contribution in [1.29, 1.82) is 0 Å². The fraction of sp³-hybridized carbons (Fsp3) is 0.786. The summed E-state index contributed by atoms with van der Waals surface area (Å²) in [4.78, 5) is 35.0. The highest BCUT2D eigenvalue weighted by atomic mass is 16.6. The van der Waals surface area contributed by atoms with Gasteiger partial charge in [-0.05, 0) is 20.8 Å². The number of carbonyl (C=O) groups excluding carboxylic acids is 1. The summed E-state index contributed by atoms with van der Waals surface area (Å²) in [5.74, 6) is -4.27. The van der Waals surface area contributed by atoms with Gasteiger partial charge in [0.15, 0.2) is 0 Å². The standard InChI is InChI=1S/C14H21NO7/c1-13(2,3)22-12(20)15-14(11(18)19)5-6(21-4)7-8(9(7)14)10(16)17/h6-9H,5H2,1-4H3,(H,15,20)(H,16,17)(H,18,19). The molecule has 8 heteroatoms. The van der Waals surface area contributed by atoms with E-state index >= 15 is 0 Å². The second kappa shape index (κ2) is 5.12. The fourth-order valence-electron chi connectivity index (χ4n) is 3.48. The highest BCUT2D eigenvalue weighted by molar-refractivity contribution is 5.89. The number of methoxy groups -OCH3 is 1. The maximum atomic E-state index is 12.0. The second-order valence-electron chi connectivity index (χ2n) is 6.85. The van der Waals surface area contributed by atoms with Crippen LogP contribution in [-0.4, -0.2) is 52.6 Å². The number of aliphatic carboxylic acids is 2. The lowest BCUT2D eigenvalue weighted by Crippen LogP contribution is -2.57. The minimum Gasteiger partial charge on any atom is -0.481 e. The number of carbonyl (C=O) groups is 3. The number of hydrogen-bond donors (Lipinski definition) is 3. The van der Waals surface area contributed by atoms with Crippen LogP contribution in [0.15, 0.2) is 0 Å². The summed E-state index contributed by atoms with van der Waals surface area (Å²) in [7, 11) is 1.41. The molecule has 0 aliphatic heterocycles. The fourth-order valence-corrected chi connectivity index (χ4v) is 3.48. The zero-order valence-electron chi connectivity index (χ0n) is 13.0. The van der Waals surface area contributed by atoms with E-state index in [1.807, 2.05) is 0 Å². The third-order valence-corrected chi connectivity index (χ3v) is 4.29. The normalized spacial score (nSPS) is 36.4. The van der Waals surface area contributed by atoms with Crippen LogP contribution in [0.2, 0.25) is 0 Å². The van der Waals surface area contributed by atoms with E-state index in [1.54, 1.807) is 20.8 Å². The largest absolute Gasteiger partial charge is 0.481 e. The molecular weight excluding hydrogens is 294 g/mol. The molecule has 5 unspecified atom stereocenters. The quantitative estimate of drug-likeness (QED) is 0.698. The average Bonchev–Trinajstić information content (AvgIpc) is 3.00. The summed E-state index contributed by atoms with van der Waals surface area (Å²) in [6.45, 7) is 4.98. The summed E-state index contributed by atoms with van der Waals surface area (Å²) in [5.41, 5.74) is -2.45. The Morgan fingerprint density at radius 2 is 1.82 bits per heavy atom. The van der Waals surface area contributed by atoms with Crippen molar-refractivity contribution in [3.8, 4) is 0 Å². The Kier molecular flexibility index (Phi) is 3.85. The molecule has 0 bridgehead atoms. The van der Waals surface area contributed by atoms with Crippen LogP contribution in [0.4, 0.5) is 4.79 Å². The molecular formula is C14H21NO7. The van der Waals surface area contributed by atoms with Crippen molar-refractivity contribution in [3.63, 3.8) is 0 Å². The van der Waals surface area contributed by atoms with Crippen molar-refractivity contribution in [2.24, 2.45) is 17.8 Å². The van der Waals surface area contributed by atoms with Crippen LogP contribution < -0.4 is 5.32 Å². The molecule has 124 valence electrons. The molecule has 0 spiro atoms. The maximum Gasteiger partial charge on any atom is 0.408 e. The van der Waals surface area contributed by atoms with Crippen molar-refractivity contribution < 1.29 is 34.1 Å². The van der Waals surface area contributed by atoms with Gasteiger partial charge in [0, 0.05) is 25.4 Å². The molecule has 2 aliphatic carbocycles. The minimum atomic E-state index is -1.67. The molecule has 1 amide bonds. The van der Waals surface area contributed by atoms with E-state index in [-0.39, 0.29) is 6.42 Å². The number of amides is 1. The third-order valence-electron chi connectivity index (χ3n) is 4.29. The molecule has 2 fully saturated rings. The molecule has 0 heterocycles. The van der Waals surface area contributed by atoms with Crippen LogP contribution >= 0.6 is 0 Å². The van der Waals surface area contributed by atoms with Gasteiger partial charge in [-0.15, -0.1) is 0 Å². The van der Waals surface area contributed by atoms with Crippen LogP contribution in [0.25, 0.3) is 0 Å². The Labute approximate surface area is 127 Å². The number of carboxylic acids is 2. The Bertz CT molecular complexity index is 512. The van der Waals surface area contributed by atoms with Crippen molar-refractivity contribution in [3.05, 3.63) is 0 Å². The maximum absolute atomic E-state index is 12.0. The third kappa shape index (κ3) is 2.63. The first-order chi connectivity index (χ1) is 10.0. The number of rotatable bonds is 4. The van der Waals surface area contributed by atoms with Crippen LogP contribution in [0.1, 0.15) is 27.2 Å². The van der Waals surface area contributed by atoms with E-state index in [2.05, 4.69) is 5.32 Å². The van der Waals surface area contributed by atoms with Gasteiger partial charge in [-0.25, -0.2) is 9.59 Å². The lowest BCUT2D eigenvalue weighted by atomic mass is 9.89. The van der Waals surface area contributed by atoms with E-state index < -0.39 is 53.0 Å². The number of alkyl carbamates (subject to hydrolysis) is 1. The monoisotopic (exact) mass is 315 g/mol. The summed E-state index contributed by atoms with van der Waals surface area (Å²) >= 11 is 0. The molecule has 2 rings (SSSR count). The van der Waals surface area contributed by atoms with Gasteiger partial charge in [0.1, 0.15) is 11.1 Å². The van der Waals surface area contributed by atoms with Crippen LogP contribution in [0.3, 0.4) is 0 Å². The molecule has 0 aromatic rings. The molecule has 5 atom stereocenters. The molecule has 22 heavy (non-hydrogen) atoms. The zero-order chi connectivity index (χ0) is 16.9. The molecule has 3 N–H and O–H groups in total. The van der Waals surface area contributed by atoms with E-state index in [1.165, 1.54) is 7.11 Å². The van der Waals surface area contributed by atoms with Crippen molar-refractivity contribution >= 4 is 18.0 Å². The number of carboxylic acid groups (broad SMARTS) is 2. The number of fused-ring (bicyclic) bond motifs is 1. The van der Waals surface area contributed by atoms with Crippen molar-refractivity contribution in [2.75, 3.05) is 7.11 Å². The van der Waals surface area contributed by atoms with Gasteiger partial charge in [0.2, 0.25) is 0 Å². The van der Waals surface area contributed by atoms with Crippen molar-refractivity contribution in [1.82, 2.24) is 5.32 Å². The first-order valence-electron chi connectivity index (χ1n) is 7.03. The van der Waals surface area contributed by atoms with E-state index in [0.717, 1.165) is 0 Å². The van der Waals surface area contributed by atoms with Crippen LogP contribution in [-0.2, 0) is 19.1 Å².